The van der Waals surface area contributed by atoms with Crippen LogP contribution in [0.2, 0.25) is 5.02 Å². The van der Waals surface area contributed by atoms with Crippen molar-refractivity contribution in [3.8, 4) is 0 Å². The first-order chi connectivity index (χ1) is 7.46. The van der Waals surface area contributed by atoms with Gasteiger partial charge in [-0.3, -0.25) is 0 Å². The second kappa shape index (κ2) is 5.85. The Morgan fingerprint density at radius 2 is 2.06 bits per heavy atom. The summed E-state index contributed by atoms with van der Waals surface area (Å²) < 4.78 is 13.5. The molecular formula is C12H16Cl2FN. The number of alkyl halides is 1. The third kappa shape index (κ3) is 3.93. The minimum Gasteiger partial charge on any atom is -0.312 e. The molecule has 0 radical (unpaired) electrons. The molecule has 0 atom stereocenters. The van der Waals surface area contributed by atoms with Crippen molar-refractivity contribution in [3.05, 3.63) is 34.6 Å². The Hall–Kier alpha value is -0.310. The van der Waals surface area contributed by atoms with Crippen molar-refractivity contribution in [1.29, 1.82) is 0 Å². The number of hydrogen-bond acceptors (Lipinski definition) is 1. The maximum Gasteiger partial charge on any atom is 0.146 e. The summed E-state index contributed by atoms with van der Waals surface area (Å²) in [5.74, 6) is 0.221. The molecule has 0 heterocycles. The van der Waals surface area contributed by atoms with Crippen LogP contribution in [0.5, 0.6) is 0 Å². The second-order valence-corrected chi connectivity index (χ2v) is 5.29. The fourth-order valence-corrected chi connectivity index (χ4v) is 1.56. The summed E-state index contributed by atoms with van der Waals surface area (Å²) >= 11 is 11.5. The topological polar surface area (TPSA) is 12.0 Å². The van der Waals surface area contributed by atoms with Crippen LogP contribution < -0.4 is 5.32 Å². The van der Waals surface area contributed by atoms with E-state index in [1.165, 1.54) is 0 Å². The highest BCUT2D eigenvalue weighted by atomic mass is 35.5. The molecule has 0 aliphatic rings. The molecule has 0 spiro atoms. The largest absolute Gasteiger partial charge is 0.312 e. The van der Waals surface area contributed by atoms with E-state index >= 15 is 0 Å². The van der Waals surface area contributed by atoms with Crippen LogP contribution in [-0.2, 0) is 6.54 Å². The first-order valence-corrected chi connectivity index (χ1v) is 6.07. The van der Waals surface area contributed by atoms with Gasteiger partial charge in [-0.2, -0.15) is 0 Å². The first kappa shape index (κ1) is 13.8. The number of nitrogens with one attached hydrogen (secondary N) is 1. The molecule has 1 N–H and O–H groups in total. The maximum atomic E-state index is 13.5. The molecule has 4 heteroatoms. The van der Waals surface area contributed by atoms with Gasteiger partial charge < -0.3 is 5.32 Å². The summed E-state index contributed by atoms with van der Waals surface area (Å²) in [6.45, 7) is 5.32. The highest BCUT2D eigenvalue weighted by Crippen LogP contribution is 2.19. The van der Waals surface area contributed by atoms with Crippen LogP contribution in [0.4, 0.5) is 4.39 Å². The molecule has 0 aliphatic heterocycles. The normalized spacial score (nSPS) is 11.8. The lowest BCUT2D eigenvalue weighted by atomic mass is 9.96. The SMILES string of the molecule is CC(C)(CCl)CNCc1cccc(Cl)c1F. The lowest BCUT2D eigenvalue weighted by Gasteiger charge is -2.21. The summed E-state index contributed by atoms with van der Waals surface area (Å²) in [4.78, 5) is 0. The van der Waals surface area contributed by atoms with Crippen molar-refractivity contribution < 1.29 is 4.39 Å². The van der Waals surface area contributed by atoms with E-state index in [2.05, 4.69) is 19.2 Å². The number of halogens is 3. The van der Waals surface area contributed by atoms with Gasteiger partial charge in [-0.05, 0) is 11.5 Å². The van der Waals surface area contributed by atoms with Crippen LogP contribution in [-0.4, -0.2) is 12.4 Å². The molecule has 1 nitrogen and oxygen atoms in total. The van der Waals surface area contributed by atoms with Crippen LogP contribution in [0.15, 0.2) is 18.2 Å². The molecular weight excluding hydrogens is 248 g/mol. The van der Waals surface area contributed by atoms with E-state index in [-0.39, 0.29) is 16.3 Å². The van der Waals surface area contributed by atoms with Crippen molar-refractivity contribution >= 4 is 23.2 Å². The predicted molar refractivity (Wildman–Crippen MR) is 67.6 cm³/mol. The second-order valence-electron chi connectivity index (χ2n) is 4.61. The molecule has 0 aromatic heterocycles. The summed E-state index contributed by atoms with van der Waals surface area (Å²) in [5, 5.41) is 3.34. The molecule has 1 rings (SSSR count). The number of benzene rings is 1. The molecule has 0 amide bonds. The lowest BCUT2D eigenvalue weighted by Crippen LogP contribution is -2.30. The minimum atomic E-state index is -0.347. The molecule has 0 saturated heterocycles. The highest BCUT2D eigenvalue weighted by Gasteiger charge is 2.15. The number of rotatable bonds is 5. The van der Waals surface area contributed by atoms with E-state index in [9.17, 15) is 4.39 Å². The van der Waals surface area contributed by atoms with Gasteiger partial charge in [-0.1, -0.05) is 37.6 Å². The van der Waals surface area contributed by atoms with Crippen LogP contribution in [0.25, 0.3) is 0 Å². The Morgan fingerprint density at radius 3 is 2.69 bits per heavy atom. The molecule has 16 heavy (non-hydrogen) atoms. The van der Waals surface area contributed by atoms with Gasteiger partial charge in [-0.15, -0.1) is 11.6 Å². The Kier molecular flexibility index (Phi) is 5.03. The minimum absolute atomic E-state index is 0.0105. The zero-order valence-electron chi connectivity index (χ0n) is 9.49. The van der Waals surface area contributed by atoms with E-state index in [1.54, 1.807) is 18.2 Å². The third-order valence-electron chi connectivity index (χ3n) is 2.31. The van der Waals surface area contributed by atoms with Crippen molar-refractivity contribution in [3.63, 3.8) is 0 Å². The Labute approximate surface area is 106 Å². The lowest BCUT2D eigenvalue weighted by molar-refractivity contribution is 0.383. The van der Waals surface area contributed by atoms with Crippen molar-refractivity contribution in [2.45, 2.75) is 20.4 Å². The molecule has 0 aliphatic carbocycles. The summed E-state index contributed by atoms with van der Waals surface area (Å²) in [6.07, 6.45) is 0. The Morgan fingerprint density at radius 1 is 1.38 bits per heavy atom. The average Bonchev–Trinajstić information content (AvgIpc) is 2.24. The first-order valence-electron chi connectivity index (χ1n) is 5.16. The zero-order chi connectivity index (χ0) is 12.2. The van der Waals surface area contributed by atoms with Crippen LogP contribution in [0, 0.1) is 11.2 Å². The third-order valence-corrected chi connectivity index (χ3v) is 3.33. The van der Waals surface area contributed by atoms with Gasteiger partial charge in [0.25, 0.3) is 0 Å². The van der Waals surface area contributed by atoms with Crippen LogP contribution >= 0.6 is 23.2 Å². The fraction of sp³-hybridized carbons (Fsp3) is 0.500. The van der Waals surface area contributed by atoms with Gasteiger partial charge in [0.1, 0.15) is 5.82 Å². The molecule has 0 saturated carbocycles. The Balaban J connectivity index is 2.53. The van der Waals surface area contributed by atoms with E-state index < -0.39 is 0 Å². The highest BCUT2D eigenvalue weighted by molar-refractivity contribution is 6.30. The van der Waals surface area contributed by atoms with E-state index in [4.69, 9.17) is 23.2 Å². The van der Waals surface area contributed by atoms with Gasteiger partial charge in [0.05, 0.1) is 5.02 Å². The molecule has 0 bridgehead atoms. The van der Waals surface area contributed by atoms with Gasteiger partial charge in [-0.25, -0.2) is 4.39 Å². The smallest absolute Gasteiger partial charge is 0.146 e. The monoisotopic (exact) mass is 263 g/mol. The van der Waals surface area contributed by atoms with Gasteiger partial charge in [0, 0.05) is 24.5 Å². The standard InChI is InChI=1S/C12H16Cl2FN/c1-12(2,7-13)8-16-6-9-4-3-5-10(14)11(9)15/h3-5,16H,6-8H2,1-2H3. The quantitative estimate of drug-likeness (QED) is 0.797. The Bertz CT molecular complexity index is 353. The van der Waals surface area contributed by atoms with Gasteiger partial charge in [0.15, 0.2) is 0 Å². The van der Waals surface area contributed by atoms with Crippen LogP contribution in [0.3, 0.4) is 0 Å². The molecule has 0 fully saturated rings. The molecule has 1 aromatic carbocycles. The summed E-state index contributed by atoms with van der Waals surface area (Å²) in [7, 11) is 0. The number of hydrogen-bond donors (Lipinski definition) is 1. The fourth-order valence-electron chi connectivity index (χ4n) is 1.27. The van der Waals surface area contributed by atoms with E-state index in [0.717, 1.165) is 6.54 Å². The van der Waals surface area contributed by atoms with Crippen molar-refractivity contribution in [2.24, 2.45) is 5.41 Å². The predicted octanol–water partition coefficient (Wildman–Crippen LogP) is 3.83. The average molecular weight is 264 g/mol. The maximum absolute atomic E-state index is 13.5. The molecule has 0 unspecified atom stereocenters. The summed E-state index contributed by atoms with van der Waals surface area (Å²) in [5.41, 5.74) is 0.592. The van der Waals surface area contributed by atoms with Gasteiger partial charge >= 0.3 is 0 Å². The van der Waals surface area contributed by atoms with Gasteiger partial charge in [0.2, 0.25) is 0 Å². The molecule has 90 valence electrons. The van der Waals surface area contributed by atoms with E-state index in [0.29, 0.717) is 18.0 Å². The van der Waals surface area contributed by atoms with Crippen molar-refractivity contribution in [2.75, 3.05) is 12.4 Å². The van der Waals surface area contributed by atoms with Crippen LogP contribution in [0.1, 0.15) is 19.4 Å². The molecule has 1 aromatic rings. The zero-order valence-corrected chi connectivity index (χ0v) is 11.0. The summed E-state index contributed by atoms with van der Waals surface area (Å²) in [6, 6.07) is 5.01. The van der Waals surface area contributed by atoms with Crippen molar-refractivity contribution in [1.82, 2.24) is 5.32 Å². The van der Waals surface area contributed by atoms with E-state index in [1.807, 2.05) is 0 Å².